The molecule has 0 amide bonds. The molecule has 2 heterocycles. The first-order valence-electron chi connectivity index (χ1n) is 7.99. The lowest BCUT2D eigenvalue weighted by Gasteiger charge is -2.10. The highest BCUT2D eigenvalue weighted by Gasteiger charge is 2.31. The minimum Gasteiger partial charge on any atom is -0.406 e. The lowest BCUT2D eigenvalue weighted by Crippen LogP contribution is -2.16. The van der Waals surface area contributed by atoms with Crippen LogP contribution in [0.5, 0.6) is 5.75 Å². The normalized spacial score (nSPS) is 11.7. The number of nitrogens with two attached hydrogens (primary N) is 1. The highest BCUT2D eigenvalue weighted by atomic mass is 32.1. The largest absolute Gasteiger partial charge is 0.573 e. The number of nitrogens with zero attached hydrogens (tertiary/aromatic N) is 1. The molecule has 0 saturated heterocycles. The summed E-state index contributed by atoms with van der Waals surface area (Å²) in [5.41, 5.74) is 9.70. The van der Waals surface area contributed by atoms with Gasteiger partial charge in [0.05, 0.1) is 0 Å². The molecule has 0 radical (unpaired) electrons. The van der Waals surface area contributed by atoms with E-state index in [4.69, 9.17) is 5.73 Å². The number of aromatic nitrogens is 1. The van der Waals surface area contributed by atoms with Gasteiger partial charge in [0, 0.05) is 27.4 Å². The molecule has 0 spiro atoms. The lowest BCUT2D eigenvalue weighted by atomic mass is 10.0. The maximum Gasteiger partial charge on any atom is 0.573 e. The highest BCUT2D eigenvalue weighted by Crippen LogP contribution is 2.41. The van der Waals surface area contributed by atoms with Crippen LogP contribution >= 0.6 is 11.3 Å². The van der Waals surface area contributed by atoms with Crippen LogP contribution in [0.2, 0.25) is 0 Å². The third-order valence-corrected chi connectivity index (χ3v) is 5.12. The molecule has 2 N–H and O–H groups in total. The standard InChI is InChI=1S/C20H13F3N2OS/c21-20(22,23)26-14-8-6-13(7-9-14)15-10-25-19(24)17-16(11-27-18(15)17)12-4-2-1-3-5-12/h1-11H,(H2,24,25). The molecule has 4 aromatic rings. The maximum atomic E-state index is 12.3. The topological polar surface area (TPSA) is 48.1 Å². The van der Waals surface area contributed by atoms with Gasteiger partial charge in [-0.1, -0.05) is 42.5 Å². The molecule has 0 atom stereocenters. The van der Waals surface area contributed by atoms with Gasteiger partial charge in [0.2, 0.25) is 0 Å². The smallest absolute Gasteiger partial charge is 0.406 e. The number of alkyl halides is 3. The molecule has 4 rings (SSSR count). The van der Waals surface area contributed by atoms with Crippen molar-refractivity contribution in [2.24, 2.45) is 0 Å². The molecule has 0 unspecified atom stereocenters. The predicted molar refractivity (Wildman–Crippen MR) is 102 cm³/mol. The Balaban J connectivity index is 1.80. The molecule has 7 heteroatoms. The molecule has 0 aliphatic heterocycles. The van der Waals surface area contributed by atoms with Crippen molar-refractivity contribution in [2.75, 3.05) is 5.73 Å². The zero-order chi connectivity index (χ0) is 19.0. The molecule has 136 valence electrons. The summed E-state index contributed by atoms with van der Waals surface area (Å²) in [5, 5.41) is 2.86. The van der Waals surface area contributed by atoms with Gasteiger partial charge in [-0.05, 0) is 28.6 Å². The second-order valence-electron chi connectivity index (χ2n) is 5.85. The molecule has 0 fully saturated rings. The Kier molecular flexibility index (Phi) is 4.24. The monoisotopic (exact) mass is 386 g/mol. The first-order chi connectivity index (χ1) is 12.9. The fourth-order valence-corrected chi connectivity index (χ4v) is 4.06. The Bertz CT molecular complexity index is 1090. The number of benzene rings is 2. The Hall–Kier alpha value is -3.06. The van der Waals surface area contributed by atoms with Gasteiger partial charge in [-0.15, -0.1) is 24.5 Å². The second kappa shape index (κ2) is 6.59. The fraction of sp³-hybridized carbons (Fsp3) is 0.0500. The second-order valence-corrected chi connectivity index (χ2v) is 6.73. The van der Waals surface area contributed by atoms with E-state index in [9.17, 15) is 13.2 Å². The van der Waals surface area contributed by atoms with Crippen molar-refractivity contribution < 1.29 is 17.9 Å². The zero-order valence-corrected chi connectivity index (χ0v) is 14.6. The molecule has 0 saturated carbocycles. The molecule has 27 heavy (non-hydrogen) atoms. The summed E-state index contributed by atoms with van der Waals surface area (Å²) in [4.78, 5) is 4.30. The van der Waals surface area contributed by atoms with Crippen LogP contribution in [-0.4, -0.2) is 11.3 Å². The Morgan fingerprint density at radius 3 is 2.22 bits per heavy atom. The minimum absolute atomic E-state index is 0.262. The fourth-order valence-electron chi connectivity index (χ4n) is 2.94. The number of thiophene rings is 1. The van der Waals surface area contributed by atoms with E-state index in [1.165, 1.54) is 23.5 Å². The summed E-state index contributed by atoms with van der Waals surface area (Å²) in [6.45, 7) is 0. The number of rotatable bonds is 3. The third kappa shape index (κ3) is 3.46. The van der Waals surface area contributed by atoms with E-state index < -0.39 is 6.36 Å². The van der Waals surface area contributed by atoms with Crippen molar-refractivity contribution in [3.8, 4) is 28.0 Å². The first kappa shape index (κ1) is 17.4. The van der Waals surface area contributed by atoms with Crippen LogP contribution in [0, 0.1) is 0 Å². The average molecular weight is 386 g/mol. The van der Waals surface area contributed by atoms with E-state index in [1.54, 1.807) is 18.3 Å². The highest BCUT2D eigenvalue weighted by molar-refractivity contribution is 7.18. The number of nitrogen functional groups attached to an aromatic ring is 1. The van der Waals surface area contributed by atoms with E-state index in [-0.39, 0.29) is 5.75 Å². The van der Waals surface area contributed by atoms with Crippen molar-refractivity contribution >= 4 is 27.2 Å². The van der Waals surface area contributed by atoms with Gasteiger partial charge < -0.3 is 10.5 Å². The van der Waals surface area contributed by atoms with Gasteiger partial charge in [-0.2, -0.15) is 0 Å². The number of fused-ring (bicyclic) bond motifs is 1. The van der Waals surface area contributed by atoms with Crippen LogP contribution in [0.15, 0.2) is 66.2 Å². The Morgan fingerprint density at radius 2 is 1.56 bits per heavy atom. The molecule has 0 aliphatic carbocycles. The molecule has 3 nitrogen and oxygen atoms in total. The summed E-state index contributed by atoms with van der Waals surface area (Å²) in [6.07, 6.45) is -3.07. The van der Waals surface area contributed by atoms with E-state index in [0.717, 1.165) is 32.3 Å². The molecular formula is C20H13F3N2OS. The van der Waals surface area contributed by atoms with Crippen molar-refractivity contribution in [1.82, 2.24) is 4.98 Å². The van der Waals surface area contributed by atoms with Gasteiger partial charge in [0.25, 0.3) is 0 Å². The lowest BCUT2D eigenvalue weighted by molar-refractivity contribution is -0.274. The number of anilines is 1. The first-order valence-corrected chi connectivity index (χ1v) is 8.87. The number of pyridine rings is 1. The van der Waals surface area contributed by atoms with Crippen LogP contribution in [0.4, 0.5) is 19.0 Å². The Labute approximate surface area is 156 Å². The van der Waals surface area contributed by atoms with Gasteiger partial charge in [-0.25, -0.2) is 4.98 Å². The summed E-state index contributed by atoms with van der Waals surface area (Å²) in [7, 11) is 0. The minimum atomic E-state index is -4.71. The van der Waals surface area contributed by atoms with Crippen molar-refractivity contribution in [1.29, 1.82) is 0 Å². The van der Waals surface area contributed by atoms with E-state index in [1.807, 2.05) is 35.7 Å². The predicted octanol–water partition coefficient (Wildman–Crippen LogP) is 6.11. The average Bonchev–Trinajstić information content (AvgIpc) is 3.08. The third-order valence-electron chi connectivity index (χ3n) is 4.11. The van der Waals surface area contributed by atoms with Crippen LogP contribution in [-0.2, 0) is 0 Å². The van der Waals surface area contributed by atoms with Gasteiger partial charge in [-0.3, -0.25) is 0 Å². The van der Waals surface area contributed by atoms with E-state index in [2.05, 4.69) is 9.72 Å². The number of ether oxygens (including phenoxy) is 1. The molecule has 0 aliphatic rings. The van der Waals surface area contributed by atoms with Gasteiger partial charge in [0.15, 0.2) is 0 Å². The van der Waals surface area contributed by atoms with Crippen LogP contribution in [0.3, 0.4) is 0 Å². The number of hydrogen-bond donors (Lipinski definition) is 1. The summed E-state index contributed by atoms with van der Waals surface area (Å²) in [5.74, 6) is 0.160. The number of hydrogen-bond acceptors (Lipinski definition) is 4. The quantitative estimate of drug-likeness (QED) is 0.462. The SMILES string of the molecule is Nc1ncc(-c2ccc(OC(F)(F)F)cc2)c2scc(-c3ccccc3)c12. The molecular weight excluding hydrogens is 373 g/mol. The van der Waals surface area contributed by atoms with Crippen molar-refractivity contribution in [3.63, 3.8) is 0 Å². The Morgan fingerprint density at radius 1 is 0.889 bits per heavy atom. The van der Waals surface area contributed by atoms with E-state index >= 15 is 0 Å². The van der Waals surface area contributed by atoms with Gasteiger partial charge in [0.1, 0.15) is 11.6 Å². The summed E-state index contributed by atoms with van der Waals surface area (Å²) < 4.78 is 41.9. The molecule has 2 aromatic heterocycles. The molecule has 2 aromatic carbocycles. The van der Waals surface area contributed by atoms with Crippen molar-refractivity contribution in [2.45, 2.75) is 6.36 Å². The van der Waals surface area contributed by atoms with Crippen LogP contribution in [0.25, 0.3) is 32.3 Å². The van der Waals surface area contributed by atoms with Crippen LogP contribution in [0.1, 0.15) is 0 Å². The maximum absolute atomic E-state index is 12.3. The van der Waals surface area contributed by atoms with Crippen molar-refractivity contribution in [3.05, 3.63) is 66.2 Å². The number of halogens is 3. The van der Waals surface area contributed by atoms with E-state index in [0.29, 0.717) is 5.82 Å². The van der Waals surface area contributed by atoms with Gasteiger partial charge >= 0.3 is 6.36 Å². The molecule has 0 bridgehead atoms. The zero-order valence-electron chi connectivity index (χ0n) is 13.8. The van der Waals surface area contributed by atoms with Crippen LogP contribution < -0.4 is 10.5 Å². The summed E-state index contributed by atoms with van der Waals surface area (Å²) >= 11 is 1.53. The summed E-state index contributed by atoms with van der Waals surface area (Å²) in [6, 6.07) is 15.6.